The van der Waals surface area contributed by atoms with Gasteiger partial charge in [-0.3, -0.25) is 4.79 Å². The number of amides is 1. The molecule has 13 heteroatoms. The van der Waals surface area contributed by atoms with Crippen molar-refractivity contribution in [1.82, 2.24) is 14.5 Å². The molecule has 222 valence electrons. The number of hydrogen-bond acceptors (Lipinski definition) is 8. The molecule has 43 heavy (non-hydrogen) atoms. The molecule has 0 atom stereocenters. The monoisotopic (exact) mass is 604 g/mol. The summed E-state index contributed by atoms with van der Waals surface area (Å²) in [5.74, 6) is -0.517. The van der Waals surface area contributed by atoms with Gasteiger partial charge in [-0.05, 0) is 74.7 Å². The summed E-state index contributed by atoms with van der Waals surface area (Å²) in [7, 11) is -4.24. The standard InChI is InChI=1S/C30H28N4O8S/c1-17-3-9-22(10-4-17)34-29(18(2)27(33-34)30(36)37)42-24-12-8-21(32-28(35)20-6-7-20)14-26(24)43(38,39)31-15-19-5-11-23-25(13-19)41-16-40-23/h3-5,8-14,20,31H,6-7,15-16H2,1-2H3,(H,32,35)(H,36,37). The highest BCUT2D eigenvalue weighted by molar-refractivity contribution is 7.89. The number of anilines is 1. The lowest BCUT2D eigenvalue weighted by Crippen LogP contribution is -2.24. The van der Waals surface area contributed by atoms with Crippen molar-refractivity contribution in [3.05, 3.63) is 83.0 Å². The fraction of sp³-hybridized carbons (Fsp3) is 0.233. The Morgan fingerprint density at radius 1 is 1.02 bits per heavy atom. The Hall–Kier alpha value is -4.88. The SMILES string of the molecule is Cc1ccc(-n2nc(C(=O)O)c(C)c2Oc2ccc(NC(=O)C3CC3)cc2S(=O)(=O)NCc2ccc3c(c2)OCO3)cc1. The number of carboxylic acids is 1. The number of nitrogens with zero attached hydrogens (tertiary/aromatic N) is 2. The molecule has 1 saturated carbocycles. The van der Waals surface area contributed by atoms with Gasteiger partial charge in [-0.1, -0.05) is 23.8 Å². The van der Waals surface area contributed by atoms with E-state index in [9.17, 15) is 23.1 Å². The van der Waals surface area contributed by atoms with Crippen molar-refractivity contribution >= 4 is 27.6 Å². The van der Waals surface area contributed by atoms with Crippen LogP contribution in [0.2, 0.25) is 0 Å². The van der Waals surface area contributed by atoms with Crippen LogP contribution >= 0.6 is 0 Å². The van der Waals surface area contributed by atoms with Gasteiger partial charge in [0.1, 0.15) is 10.6 Å². The molecule has 2 aliphatic rings. The first kappa shape index (κ1) is 28.2. The molecular formula is C30H28N4O8S. The molecule has 0 unspecified atom stereocenters. The van der Waals surface area contributed by atoms with Crippen molar-refractivity contribution in [2.75, 3.05) is 12.1 Å². The van der Waals surface area contributed by atoms with Gasteiger partial charge < -0.3 is 24.6 Å². The number of hydrogen-bond donors (Lipinski definition) is 3. The molecule has 2 heterocycles. The zero-order valence-corrected chi connectivity index (χ0v) is 24.1. The number of rotatable bonds is 10. The third-order valence-corrected chi connectivity index (χ3v) is 8.53. The van der Waals surface area contributed by atoms with E-state index in [4.69, 9.17) is 14.2 Å². The number of carbonyl (C=O) groups is 2. The van der Waals surface area contributed by atoms with Crippen LogP contribution in [-0.4, -0.2) is 42.0 Å². The van der Waals surface area contributed by atoms with Crippen molar-refractivity contribution in [3.63, 3.8) is 0 Å². The minimum absolute atomic E-state index is 0.0308. The third-order valence-electron chi connectivity index (χ3n) is 7.11. The zero-order valence-electron chi connectivity index (χ0n) is 23.3. The molecule has 0 bridgehead atoms. The highest BCUT2D eigenvalue weighted by atomic mass is 32.2. The van der Waals surface area contributed by atoms with Gasteiger partial charge in [0.05, 0.1) is 5.69 Å². The summed E-state index contributed by atoms with van der Waals surface area (Å²) in [6, 6.07) is 16.6. The summed E-state index contributed by atoms with van der Waals surface area (Å²) in [4.78, 5) is 24.2. The van der Waals surface area contributed by atoms with Crippen LogP contribution in [0.3, 0.4) is 0 Å². The predicted molar refractivity (Wildman–Crippen MR) is 154 cm³/mol. The van der Waals surface area contributed by atoms with Crippen LogP contribution < -0.4 is 24.2 Å². The van der Waals surface area contributed by atoms with E-state index >= 15 is 0 Å². The van der Waals surface area contributed by atoms with Crippen LogP contribution in [0.5, 0.6) is 23.1 Å². The van der Waals surface area contributed by atoms with Crippen LogP contribution in [0, 0.1) is 19.8 Å². The van der Waals surface area contributed by atoms with Gasteiger partial charge >= 0.3 is 5.97 Å². The van der Waals surface area contributed by atoms with Crippen molar-refractivity contribution in [2.45, 2.75) is 38.1 Å². The number of ether oxygens (including phenoxy) is 3. The highest BCUT2D eigenvalue weighted by Crippen LogP contribution is 2.37. The number of carbonyl (C=O) groups excluding carboxylic acids is 1. The molecule has 1 aromatic heterocycles. The number of aromatic carboxylic acids is 1. The number of aryl methyl sites for hydroxylation is 1. The first-order valence-electron chi connectivity index (χ1n) is 13.5. The summed E-state index contributed by atoms with van der Waals surface area (Å²) in [6.07, 6.45) is 1.56. The van der Waals surface area contributed by atoms with Crippen molar-refractivity contribution in [2.24, 2.45) is 5.92 Å². The maximum Gasteiger partial charge on any atom is 0.356 e. The van der Waals surface area contributed by atoms with Crippen molar-refractivity contribution in [1.29, 1.82) is 0 Å². The number of nitrogens with one attached hydrogen (secondary N) is 2. The van der Waals surface area contributed by atoms with E-state index < -0.39 is 16.0 Å². The molecule has 1 aliphatic carbocycles. The van der Waals surface area contributed by atoms with Gasteiger partial charge in [0.2, 0.25) is 28.6 Å². The summed E-state index contributed by atoms with van der Waals surface area (Å²) in [5.41, 5.74) is 2.38. The smallest absolute Gasteiger partial charge is 0.356 e. The Kier molecular flexibility index (Phi) is 7.28. The molecule has 3 aromatic carbocycles. The lowest BCUT2D eigenvalue weighted by atomic mass is 10.2. The molecule has 0 spiro atoms. The molecule has 1 amide bonds. The van der Waals surface area contributed by atoms with Crippen LogP contribution in [0.4, 0.5) is 5.69 Å². The summed E-state index contributed by atoms with van der Waals surface area (Å²) in [6.45, 7) is 3.47. The molecule has 0 radical (unpaired) electrons. The van der Waals surface area contributed by atoms with Gasteiger partial charge in [0.15, 0.2) is 17.2 Å². The van der Waals surface area contributed by atoms with Gasteiger partial charge in [0, 0.05) is 23.7 Å². The van der Waals surface area contributed by atoms with Crippen LogP contribution in [-0.2, 0) is 21.4 Å². The Labute approximate surface area is 247 Å². The summed E-state index contributed by atoms with van der Waals surface area (Å²) >= 11 is 0. The van der Waals surface area contributed by atoms with Crippen LogP contribution in [0.1, 0.15) is 40.0 Å². The first-order valence-corrected chi connectivity index (χ1v) is 15.0. The first-order chi connectivity index (χ1) is 20.6. The number of benzene rings is 3. The number of sulfonamides is 1. The Bertz CT molecular complexity index is 1850. The topological polar surface area (TPSA) is 158 Å². The Morgan fingerprint density at radius 3 is 2.49 bits per heavy atom. The van der Waals surface area contributed by atoms with Crippen molar-refractivity contribution < 1.29 is 37.3 Å². The molecule has 3 N–H and O–H groups in total. The quantitative estimate of drug-likeness (QED) is 0.236. The van der Waals surface area contributed by atoms with Crippen molar-refractivity contribution in [3.8, 4) is 28.8 Å². The molecule has 6 rings (SSSR count). The largest absolute Gasteiger partial charge is 0.476 e. The van der Waals surface area contributed by atoms with Gasteiger partial charge in [-0.25, -0.2) is 17.9 Å². The lowest BCUT2D eigenvalue weighted by molar-refractivity contribution is -0.117. The Morgan fingerprint density at radius 2 is 1.77 bits per heavy atom. The van der Waals surface area contributed by atoms with Gasteiger partial charge in [-0.2, -0.15) is 9.78 Å². The zero-order chi connectivity index (χ0) is 30.3. The Balaban J connectivity index is 1.37. The second-order valence-electron chi connectivity index (χ2n) is 10.4. The second kappa shape index (κ2) is 11.1. The van der Waals surface area contributed by atoms with E-state index in [0.717, 1.165) is 18.4 Å². The summed E-state index contributed by atoms with van der Waals surface area (Å²) in [5, 5.41) is 16.8. The van der Waals surface area contributed by atoms with Gasteiger partial charge in [-0.15, -0.1) is 0 Å². The van der Waals surface area contributed by atoms with Crippen LogP contribution in [0.15, 0.2) is 65.6 Å². The highest BCUT2D eigenvalue weighted by Gasteiger charge is 2.31. The molecule has 1 fully saturated rings. The molecule has 1 aliphatic heterocycles. The fourth-order valence-electron chi connectivity index (χ4n) is 4.55. The van der Waals surface area contributed by atoms with E-state index in [1.54, 1.807) is 30.3 Å². The lowest BCUT2D eigenvalue weighted by Gasteiger charge is -2.16. The normalized spacial score (nSPS) is 14.0. The van der Waals surface area contributed by atoms with Crippen LogP contribution in [0.25, 0.3) is 5.69 Å². The predicted octanol–water partition coefficient (Wildman–Crippen LogP) is 4.54. The van der Waals surface area contributed by atoms with E-state index in [0.29, 0.717) is 22.7 Å². The molecule has 0 saturated heterocycles. The van der Waals surface area contributed by atoms with E-state index in [1.807, 2.05) is 19.1 Å². The van der Waals surface area contributed by atoms with E-state index in [1.165, 1.54) is 29.8 Å². The minimum Gasteiger partial charge on any atom is -0.476 e. The molecular weight excluding hydrogens is 576 g/mol. The fourth-order valence-corrected chi connectivity index (χ4v) is 5.71. The second-order valence-corrected chi connectivity index (χ2v) is 12.1. The minimum atomic E-state index is -4.24. The average molecular weight is 605 g/mol. The summed E-state index contributed by atoms with van der Waals surface area (Å²) < 4.78 is 48.3. The number of aromatic nitrogens is 2. The maximum absolute atomic E-state index is 13.7. The molecule has 12 nitrogen and oxygen atoms in total. The number of carboxylic acid groups (broad SMARTS) is 1. The third kappa shape index (κ3) is 5.90. The van der Waals surface area contributed by atoms with E-state index in [2.05, 4.69) is 15.1 Å². The average Bonchev–Trinajstić information content (AvgIpc) is 3.65. The van der Waals surface area contributed by atoms with Gasteiger partial charge in [0.25, 0.3) is 0 Å². The van der Waals surface area contributed by atoms with E-state index in [-0.39, 0.29) is 58.6 Å². The maximum atomic E-state index is 13.7. The number of fused-ring (bicyclic) bond motifs is 1. The molecule has 4 aromatic rings.